The van der Waals surface area contributed by atoms with Gasteiger partial charge in [-0.1, -0.05) is 36.8 Å². The van der Waals surface area contributed by atoms with Crippen molar-refractivity contribution in [3.8, 4) is 11.1 Å². The van der Waals surface area contributed by atoms with Crippen LogP contribution in [0.25, 0.3) is 11.1 Å². The molecular formula is C16H21N3. The van der Waals surface area contributed by atoms with Gasteiger partial charge in [-0.15, -0.1) is 0 Å². The van der Waals surface area contributed by atoms with E-state index in [9.17, 15) is 0 Å². The number of nitrogens with zero attached hydrogens (tertiary/aromatic N) is 3. The molecule has 1 aromatic heterocycles. The maximum atomic E-state index is 4.47. The topological polar surface area (TPSA) is 21.1 Å². The summed E-state index contributed by atoms with van der Waals surface area (Å²) in [6, 6.07) is 10.4. The Morgan fingerprint density at radius 2 is 1.68 bits per heavy atom. The van der Waals surface area contributed by atoms with Crippen molar-refractivity contribution in [2.24, 2.45) is 0 Å². The van der Waals surface area contributed by atoms with Crippen molar-refractivity contribution in [3.05, 3.63) is 42.7 Å². The van der Waals surface area contributed by atoms with E-state index < -0.39 is 0 Å². The van der Waals surface area contributed by atoms with Gasteiger partial charge in [-0.3, -0.25) is 4.68 Å². The summed E-state index contributed by atoms with van der Waals surface area (Å²) in [6.45, 7) is 4.63. The fourth-order valence-electron chi connectivity index (χ4n) is 2.69. The van der Waals surface area contributed by atoms with Gasteiger partial charge in [-0.2, -0.15) is 5.10 Å². The number of hydrogen-bond acceptors (Lipinski definition) is 2. The predicted octanol–water partition coefficient (Wildman–Crippen LogP) is 3.04. The van der Waals surface area contributed by atoms with E-state index in [1.807, 2.05) is 12.3 Å². The zero-order chi connectivity index (χ0) is 12.9. The predicted molar refractivity (Wildman–Crippen MR) is 78.0 cm³/mol. The quantitative estimate of drug-likeness (QED) is 0.837. The summed E-state index contributed by atoms with van der Waals surface area (Å²) < 4.78 is 2.07. The van der Waals surface area contributed by atoms with Crippen molar-refractivity contribution in [2.45, 2.75) is 25.8 Å². The van der Waals surface area contributed by atoms with Crippen molar-refractivity contribution in [1.82, 2.24) is 14.7 Å². The average molecular weight is 255 g/mol. The first-order valence-corrected chi connectivity index (χ1v) is 7.22. The lowest BCUT2D eigenvalue weighted by Crippen LogP contribution is -2.32. The Balaban J connectivity index is 1.59. The molecule has 3 rings (SSSR count). The molecule has 0 bridgehead atoms. The van der Waals surface area contributed by atoms with Gasteiger partial charge in [0.25, 0.3) is 0 Å². The Kier molecular flexibility index (Phi) is 3.94. The lowest BCUT2D eigenvalue weighted by molar-refractivity contribution is 0.218. The van der Waals surface area contributed by atoms with E-state index in [-0.39, 0.29) is 0 Å². The van der Waals surface area contributed by atoms with Crippen LogP contribution in [0.2, 0.25) is 0 Å². The largest absolute Gasteiger partial charge is 0.301 e. The normalized spacial score (nSPS) is 16.6. The lowest BCUT2D eigenvalue weighted by Gasteiger charge is -2.26. The van der Waals surface area contributed by atoms with Gasteiger partial charge in [-0.25, -0.2) is 0 Å². The molecule has 0 atom stereocenters. The molecule has 1 saturated heterocycles. The summed E-state index contributed by atoms with van der Waals surface area (Å²) in [5.41, 5.74) is 2.45. The van der Waals surface area contributed by atoms with Crippen molar-refractivity contribution in [2.75, 3.05) is 19.6 Å². The zero-order valence-corrected chi connectivity index (χ0v) is 11.3. The molecule has 2 aromatic rings. The molecule has 1 aliphatic rings. The molecule has 3 heteroatoms. The molecule has 0 spiro atoms. The third-order valence-electron chi connectivity index (χ3n) is 3.83. The second-order valence-electron chi connectivity index (χ2n) is 5.26. The fourth-order valence-corrected chi connectivity index (χ4v) is 2.69. The second-order valence-corrected chi connectivity index (χ2v) is 5.26. The standard InChI is InChI=1S/C16H21N3/c1-3-7-15(8-4-1)16-13-17-19(14-16)12-11-18-9-5-2-6-10-18/h1,3-4,7-8,13-14H,2,5-6,9-12H2. The highest BCUT2D eigenvalue weighted by atomic mass is 15.3. The van der Waals surface area contributed by atoms with Crippen molar-refractivity contribution in [1.29, 1.82) is 0 Å². The Bertz CT molecular complexity index is 498. The SMILES string of the molecule is c1ccc(-c2cnn(CCN3CCCCC3)c2)cc1. The number of hydrogen-bond donors (Lipinski definition) is 0. The van der Waals surface area contributed by atoms with Gasteiger partial charge >= 0.3 is 0 Å². The van der Waals surface area contributed by atoms with E-state index in [1.165, 1.54) is 43.5 Å². The van der Waals surface area contributed by atoms with Crippen LogP contribution in [0.1, 0.15) is 19.3 Å². The van der Waals surface area contributed by atoms with Gasteiger partial charge in [0.2, 0.25) is 0 Å². The monoisotopic (exact) mass is 255 g/mol. The van der Waals surface area contributed by atoms with Crippen molar-refractivity contribution >= 4 is 0 Å². The average Bonchev–Trinajstić information content (AvgIpc) is 2.96. The Labute approximate surface area is 114 Å². The van der Waals surface area contributed by atoms with Gasteiger partial charge in [0.1, 0.15) is 0 Å². The Hall–Kier alpha value is -1.61. The lowest BCUT2D eigenvalue weighted by atomic mass is 10.1. The van der Waals surface area contributed by atoms with Gasteiger partial charge in [0.15, 0.2) is 0 Å². The first kappa shape index (κ1) is 12.4. The van der Waals surface area contributed by atoms with Crippen molar-refractivity contribution < 1.29 is 0 Å². The minimum atomic E-state index is 0.993. The highest BCUT2D eigenvalue weighted by Gasteiger charge is 2.09. The summed E-state index contributed by atoms with van der Waals surface area (Å²) in [6.07, 6.45) is 8.23. The first-order chi connectivity index (χ1) is 9.42. The highest BCUT2D eigenvalue weighted by molar-refractivity contribution is 5.61. The first-order valence-electron chi connectivity index (χ1n) is 7.22. The number of benzene rings is 1. The molecule has 0 saturated carbocycles. The number of piperidine rings is 1. The second kappa shape index (κ2) is 6.02. The molecule has 1 aromatic carbocycles. The summed E-state index contributed by atoms with van der Waals surface area (Å²) >= 11 is 0. The van der Waals surface area contributed by atoms with Crippen LogP contribution in [0.5, 0.6) is 0 Å². The number of rotatable bonds is 4. The van der Waals surface area contributed by atoms with Crippen LogP contribution in [0.15, 0.2) is 42.7 Å². The molecular weight excluding hydrogens is 234 g/mol. The summed E-state index contributed by atoms with van der Waals surface area (Å²) in [4.78, 5) is 2.55. The van der Waals surface area contributed by atoms with E-state index in [1.54, 1.807) is 0 Å². The molecule has 1 fully saturated rings. The third-order valence-corrected chi connectivity index (χ3v) is 3.83. The van der Waals surface area contributed by atoms with Gasteiger partial charge < -0.3 is 4.90 Å². The Morgan fingerprint density at radius 3 is 2.47 bits per heavy atom. The highest BCUT2D eigenvalue weighted by Crippen LogP contribution is 2.17. The summed E-state index contributed by atoms with van der Waals surface area (Å²) in [5.74, 6) is 0. The number of likely N-dealkylation sites (tertiary alicyclic amines) is 1. The van der Waals surface area contributed by atoms with Crippen molar-refractivity contribution in [3.63, 3.8) is 0 Å². The van der Waals surface area contributed by atoms with E-state index in [2.05, 4.69) is 45.1 Å². The molecule has 3 nitrogen and oxygen atoms in total. The minimum Gasteiger partial charge on any atom is -0.301 e. The zero-order valence-electron chi connectivity index (χ0n) is 11.3. The van der Waals surface area contributed by atoms with E-state index in [0.717, 1.165) is 13.1 Å². The summed E-state index contributed by atoms with van der Waals surface area (Å²) in [5, 5.41) is 4.47. The van der Waals surface area contributed by atoms with Crippen LogP contribution in [0.4, 0.5) is 0 Å². The van der Waals surface area contributed by atoms with E-state index in [0.29, 0.717) is 0 Å². The van der Waals surface area contributed by atoms with Gasteiger partial charge in [0, 0.05) is 18.3 Å². The van der Waals surface area contributed by atoms with Gasteiger partial charge in [-0.05, 0) is 31.5 Å². The molecule has 100 valence electrons. The molecule has 19 heavy (non-hydrogen) atoms. The molecule has 0 radical (unpaired) electrons. The molecule has 0 N–H and O–H groups in total. The van der Waals surface area contributed by atoms with Crippen LogP contribution in [0.3, 0.4) is 0 Å². The van der Waals surface area contributed by atoms with Crippen LogP contribution < -0.4 is 0 Å². The molecule has 2 heterocycles. The van der Waals surface area contributed by atoms with E-state index >= 15 is 0 Å². The third kappa shape index (κ3) is 3.24. The van der Waals surface area contributed by atoms with Gasteiger partial charge in [0.05, 0.1) is 12.7 Å². The molecule has 0 amide bonds. The molecule has 0 aliphatic carbocycles. The molecule has 0 unspecified atom stereocenters. The smallest absolute Gasteiger partial charge is 0.0568 e. The Morgan fingerprint density at radius 1 is 0.895 bits per heavy atom. The van der Waals surface area contributed by atoms with E-state index in [4.69, 9.17) is 0 Å². The number of aromatic nitrogens is 2. The van der Waals surface area contributed by atoms with Crippen LogP contribution in [0, 0.1) is 0 Å². The fraction of sp³-hybridized carbons (Fsp3) is 0.438. The minimum absolute atomic E-state index is 0.993. The van der Waals surface area contributed by atoms with Crippen LogP contribution in [-0.2, 0) is 6.54 Å². The maximum Gasteiger partial charge on any atom is 0.0568 e. The molecule has 1 aliphatic heterocycles. The maximum absolute atomic E-state index is 4.47. The van der Waals surface area contributed by atoms with Crippen LogP contribution >= 0.6 is 0 Å². The summed E-state index contributed by atoms with van der Waals surface area (Å²) in [7, 11) is 0. The van der Waals surface area contributed by atoms with Crippen LogP contribution in [-0.4, -0.2) is 34.3 Å².